The molecule has 0 fully saturated rings. The lowest BCUT2D eigenvalue weighted by molar-refractivity contribution is -0.136. The van der Waals surface area contributed by atoms with E-state index in [-0.39, 0.29) is 6.29 Å². The van der Waals surface area contributed by atoms with E-state index in [4.69, 9.17) is 25.5 Å². The minimum Gasteiger partial charge on any atom is -0.473 e. The quantitative estimate of drug-likeness (QED) is 0.377. The molecule has 4 atom stereocenters. The van der Waals surface area contributed by atoms with Crippen LogP contribution in [-0.4, -0.2) is 62.8 Å². The maximum atomic E-state index is 9.90. The molecular formula is C10H16O7. The van der Waals surface area contributed by atoms with E-state index >= 15 is 0 Å². The van der Waals surface area contributed by atoms with Gasteiger partial charge in [-0.1, -0.05) is 0 Å². The van der Waals surface area contributed by atoms with Crippen molar-refractivity contribution < 1.29 is 34.7 Å². The van der Waals surface area contributed by atoms with Gasteiger partial charge in [-0.3, -0.25) is 0 Å². The molecule has 98 valence electrons. The maximum absolute atomic E-state index is 9.90. The first-order chi connectivity index (χ1) is 8.04. The van der Waals surface area contributed by atoms with Crippen LogP contribution in [0.25, 0.3) is 0 Å². The van der Waals surface area contributed by atoms with Crippen LogP contribution in [0.5, 0.6) is 0 Å². The van der Waals surface area contributed by atoms with Gasteiger partial charge in [0.15, 0.2) is 6.29 Å². The third-order valence-corrected chi connectivity index (χ3v) is 1.85. The highest BCUT2D eigenvalue weighted by Crippen LogP contribution is 2.02. The fraction of sp³-hybridized carbons (Fsp3) is 0.500. The number of furan rings is 1. The summed E-state index contributed by atoms with van der Waals surface area (Å²) in [5, 5.41) is 43.5. The molecule has 0 bridgehead atoms. The summed E-state index contributed by atoms with van der Waals surface area (Å²) in [5.74, 6) is 0. The molecule has 0 aromatic carbocycles. The van der Waals surface area contributed by atoms with Crippen LogP contribution in [0.3, 0.4) is 0 Å². The molecule has 7 heteroatoms. The number of carbonyl (C=O) groups excluding carboxylic acids is 1. The highest BCUT2D eigenvalue weighted by Gasteiger charge is 2.29. The predicted molar refractivity (Wildman–Crippen MR) is 55.9 cm³/mol. The van der Waals surface area contributed by atoms with Crippen LogP contribution >= 0.6 is 0 Å². The number of aliphatic hydroxyl groups is 5. The summed E-state index contributed by atoms with van der Waals surface area (Å²) in [6.45, 7) is -0.760. The van der Waals surface area contributed by atoms with Crippen molar-refractivity contribution in [2.24, 2.45) is 0 Å². The van der Waals surface area contributed by atoms with Gasteiger partial charge in [0.05, 0.1) is 19.1 Å². The zero-order valence-electron chi connectivity index (χ0n) is 8.96. The zero-order valence-corrected chi connectivity index (χ0v) is 8.96. The first-order valence-electron chi connectivity index (χ1n) is 4.80. The Bertz CT molecular complexity index is 257. The van der Waals surface area contributed by atoms with Crippen molar-refractivity contribution in [3.63, 3.8) is 0 Å². The van der Waals surface area contributed by atoms with Crippen molar-refractivity contribution in [3.05, 3.63) is 24.7 Å². The Morgan fingerprint density at radius 1 is 1.06 bits per heavy atom. The minimum atomic E-state index is -1.79. The molecule has 5 N–H and O–H groups in total. The van der Waals surface area contributed by atoms with Gasteiger partial charge in [-0.2, -0.15) is 0 Å². The van der Waals surface area contributed by atoms with E-state index in [1.165, 1.54) is 0 Å². The molecule has 0 aliphatic rings. The van der Waals surface area contributed by atoms with Crippen molar-refractivity contribution in [1.29, 1.82) is 0 Å². The van der Waals surface area contributed by atoms with Gasteiger partial charge in [-0.05, 0) is 12.1 Å². The zero-order chi connectivity index (χ0) is 13.3. The largest absolute Gasteiger partial charge is 0.473 e. The van der Waals surface area contributed by atoms with Gasteiger partial charge in [0.1, 0.15) is 24.4 Å². The Morgan fingerprint density at radius 3 is 1.88 bits per heavy atom. The summed E-state index contributed by atoms with van der Waals surface area (Å²) in [7, 11) is 0. The van der Waals surface area contributed by atoms with E-state index in [0.29, 0.717) is 0 Å². The number of hydrogen-bond acceptors (Lipinski definition) is 7. The van der Waals surface area contributed by atoms with Crippen molar-refractivity contribution in [1.82, 2.24) is 0 Å². The van der Waals surface area contributed by atoms with Gasteiger partial charge in [-0.15, -0.1) is 0 Å². The van der Waals surface area contributed by atoms with Crippen LogP contribution in [-0.2, 0) is 4.79 Å². The molecule has 0 aliphatic heterocycles. The minimum absolute atomic E-state index is 0.0258. The molecule has 7 nitrogen and oxygen atoms in total. The molecule has 1 rings (SSSR count). The lowest BCUT2D eigenvalue weighted by Gasteiger charge is -2.22. The van der Waals surface area contributed by atoms with Crippen LogP contribution in [0, 0.1) is 0 Å². The van der Waals surface area contributed by atoms with Gasteiger partial charge in [0.2, 0.25) is 0 Å². The van der Waals surface area contributed by atoms with E-state index in [0.717, 1.165) is 0 Å². The molecule has 0 amide bonds. The molecule has 1 aromatic heterocycles. The molecule has 0 radical (unpaired) electrons. The first-order valence-corrected chi connectivity index (χ1v) is 4.80. The molecule has 0 saturated carbocycles. The molecule has 0 aliphatic carbocycles. The summed E-state index contributed by atoms with van der Waals surface area (Å²) >= 11 is 0. The topological polar surface area (TPSA) is 131 Å². The van der Waals surface area contributed by atoms with E-state index < -0.39 is 31.0 Å². The average Bonchev–Trinajstić information content (AvgIpc) is 2.93. The summed E-state index contributed by atoms with van der Waals surface area (Å²) in [5.41, 5.74) is 0. The third-order valence-electron chi connectivity index (χ3n) is 1.85. The van der Waals surface area contributed by atoms with Crippen LogP contribution in [0.15, 0.2) is 29.1 Å². The summed E-state index contributed by atoms with van der Waals surface area (Å²) in [6, 6.07) is 3.67. The van der Waals surface area contributed by atoms with E-state index in [1.807, 2.05) is 12.1 Å². The van der Waals surface area contributed by atoms with Crippen molar-refractivity contribution >= 4 is 6.29 Å². The van der Waals surface area contributed by atoms with Crippen LogP contribution < -0.4 is 0 Å². The molecule has 17 heavy (non-hydrogen) atoms. The van der Waals surface area contributed by atoms with Crippen molar-refractivity contribution in [2.45, 2.75) is 24.4 Å². The SMILES string of the molecule is O=CC(O)C(O)C(O)C(O)CO.c1ccoc1. The van der Waals surface area contributed by atoms with Crippen LogP contribution in [0.4, 0.5) is 0 Å². The number of rotatable bonds is 5. The molecule has 1 aromatic rings. The Labute approximate surface area is 97.6 Å². The normalized spacial score (nSPS) is 17.2. The number of aliphatic hydroxyl groups excluding tert-OH is 5. The molecule has 1 heterocycles. The average molecular weight is 248 g/mol. The standard InChI is InChI=1S/C6H12O6.C4H4O/c7-1-3(9)5(11)6(12)4(10)2-8;1-2-4-5-3-1/h1,3-6,8-12H,2H2;1-4H. The van der Waals surface area contributed by atoms with Gasteiger partial charge < -0.3 is 34.7 Å². The first kappa shape index (κ1) is 15.8. The van der Waals surface area contributed by atoms with E-state index in [9.17, 15) is 4.79 Å². The van der Waals surface area contributed by atoms with Crippen molar-refractivity contribution in [3.8, 4) is 0 Å². The second-order valence-electron chi connectivity index (χ2n) is 3.15. The monoisotopic (exact) mass is 248 g/mol. The second-order valence-corrected chi connectivity index (χ2v) is 3.15. The Morgan fingerprint density at radius 2 is 1.59 bits per heavy atom. The summed E-state index contributed by atoms with van der Waals surface area (Å²) in [6.07, 6.45) is -3.59. The third kappa shape index (κ3) is 6.15. The lowest BCUT2D eigenvalue weighted by Crippen LogP contribution is -2.46. The molecule has 4 unspecified atom stereocenters. The van der Waals surface area contributed by atoms with Crippen molar-refractivity contribution in [2.75, 3.05) is 6.61 Å². The van der Waals surface area contributed by atoms with Gasteiger partial charge >= 0.3 is 0 Å². The van der Waals surface area contributed by atoms with Crippen LogP contribution in [0.1, 0.15) is 0 Å². The van der Waals surface area contributed by atoms with E-state index in [1.54, 1.807) is 12.5 Å². The molecule has 0 spiro atoms. The summed E-state index contributed by atoms with van der Waals surface area (Å²) < 4.78 is 4.58. The number of carbonyl (C=O) groups is 1. The lowest BCUT2D eigenvalue weighted by atomic mass is 10.0. The highest BCUT2D eigenvalue weighted by molar-refractivity contribution is 5.56. The van der Waals surface area contributed by atoms with E-state index in [2.05, 4.69) is 4.42 Å². The van der Waals surface area contributed by atoms with Gasteiger partial charge in [0, 0.05) is 0 Å². The second kappa shape index (κ2) is 8.85. The molecular weight excluding hydrogens is 232 g/mol. The fourth-order valence-corrected chi connectivity index (χ4v) is 0.845. The highest BCUT2D eigenvalue weighted by atomic mass is 16.4. The summed E-state index contributed by atoms with van der Waals surface area (Å²) in [4.78, 5) is 9.90. The number of hydrogen-bond donors (Lipinski definition) is 5. The van der Waals surface area contributed by atoms with Gasteiger partial charge in [-0.25, -0.2) is 0 Å². The maximum Gasteiger partial charge on any atom is 0.151 e. The predicted octanol–water partition coefficient (Wildman–Crippen LogP) is -2.10. The smallest absolute Gasteiger partial charge is 0.151 e. The molecule has 0 saturated heterocycles. The Kier molecular flexibility index (Phi) is 8.20. The van der Waals surface area contributed by atoms with Gasteiger partial charge in [0.25, 0.3) is 0 Å². The van der Waals surface area contributed by atoms with Crippen LogP contribution in [0.2, 0.25) is 0 Å². The number of aldehydes is 1. The Hall–Kier alpha value is -1.25. The fourth-order valence-electron chi connectivity index (χ4n) is 0.845. The Balaban J connectivity index is 0.000000419.